The predicted molar refractivity (Wildman–Crippen MR) is 82.1 cm³/mol. The molecule has 1 aliphatic rings. The molecule has 1 aliphatic heterocycles. The number of carbonyl (C=O) groups is 1. The SMILES string of the molecule is COc1ccc(OC)c(C(=O)NCC2(C)CCCNC2)c1. The summed E-state index contributed by atoms with van der Waals surface area (Å²) >= 11 is 0. The molecule has 0 radical (unpaired) electrons. The highest BCUT2D eigenvalue weighted by atomic mass is 16.5. The van der Waals surface area contributed by atoms with E-state index in [0.29, 0.717) is 23.6 Å². The van der Waals surface area contributed by atoms with Crippen LogP contribution in [-0.4, -0.2) is 39.8 Å². The fourth-order valence-electron chi connectivity index (χ4n) is 2.65. The van der Waals surface area contributed by atoms with Crippen molar-refractivity contribution >= 4 is 5.91 Å². The standard InChI is InChI=1S/C16H24N2O3/c1-16(7-4-8-17-10-16)11-18-15(19)13-9-12(20-2)5-6-14(13)21-3/h5-6,9,17H,4,7-8,10-11H2,1-3H3,(H,18,19). The van der Waals surface area contributed by atoms with Crippen molar-refractivity contribution in [1.29, 1.82) is 0 Å². The predicted octanol–water partition coefficient (Wildman–Crippen LogP) is 1.82. The van der Waals surface area contributed by atoms with Crippen molar-refractivity contribution in [3.05, 3.63) is 23.8 Å². The number of ether oxygens (including phenoxy) is 2. The molecule has 1 aromatic rings. The van der Waals surface area contributed by atoms with Gasteiger partial charge in [-0.25, -0.2) is 0 Å². The number of hydrogen-bond acceptors (Lipinski definition) is 4. The van der Waals surface area contributed by atoms with Crippen LogP contribution in [0.4, 0.5) is 0 Å². The molecule has 1 saturated heterocycles. The van der Waals surface area contributed by atoms with Crippen LogP contribution in [-0.2, 0) is 0 Å². The van der Waals surface area contributed by atoms with Crippen molar-refractivity contribution in [2.45, 2.75) is 19.8 Å². The molecule has 0 aromatic heterocycles. The van der Waals surface area contributed by atoms with Gasteiger partial charge >= 0.3 is 0 Å². The lowest BCUT2D eigenvalue weighted by Crippen LogP contribution is -2.45. The first-order valence-electron chi connectivity index (χ1n) is 7.29. The fourth-order valence-corrected chi connectivity index (χ4v) is 2.65. The zero-order valence-corrected chi connectivity index (χ0v) is 13.0. The Bertz CT molecular complexity index is 496. The molecule has 0 aliphatic carbocycles. The van der Waals surface area contributed by atoms with E-state index in [2.05, 4.69) is 17.6 Å². The molecule has 21 heavy (non-hydrogen) atoms. The second kappa shape index (κ2) is 6.80. The number of hydrogen-bond donors (Lipinski definition) is 2. The summed E-state index contributed by atoms with van der Waals surface area (Å²) < 4.78 is 10.4. The molecule has 116 valence electrons. The highest BCUT2D eigenvalue weighted by Gasteiger charge is 2.27. The zero-order chi connectivity index (χ0) is 15.3. The summed E-state index contributed by atoms with van der Waals surface area (Å²) in [7, 11) is 3.14. The highest BCUT2D eigenvalue weighted by Crippen LogP contribution is 2.26. The van der Waals surface area contributed by atoms with Gasteiger partial charge in [0.25, 0.3) is 5.91 Å². The van der Waals surface area contributed by atoms with Gasteiger partial charge in [0.2, 0.25) is 0 Å². The van der Waals surface area contributed by atoms with Gasteiger partial charge in [0.15, 0.2) is 0 Å². The Kier molecular flexibility index (Phi) is 5.07. The maximum Gasteiger partial charge on any atom is 0.255 e. The van der Waals surface area contributed by atoms with Crippen LogP contribution in [0.25, 0.3) is 0 Å². The number of carbonyl (C=O) groups excluding carboxylic acids is 1. The maximum atomic E-state index is 12.4. The molecule has 0 bridgehead atoms. The number of amides is 1. The second-order valence-corrected chi connectivity index (χ2v) is 5.84. The molecular formula is C16H24N2O3. The summed E-state index contributed by atoms with van der Waals surface area (Å²) in [5, 5.41) is 6.40. The molecule has 1 fully saturated rings. The summed E-state index contributed by atoms with van der Waals surface area (Å²) in [6.07, 6.45) is 2.27. The molecule has 2 rings (SSSR count). The number of methoxy groups -OCH3 is 2. The Hall–Kier alpha value is -1.75. The van der Waals surface area contributed by atoms with Crippen LogP contribution in [0.15, 0.2) is 18.2 Å². The quantitative estimate of drug-likeness (QED) is 0.869. The van der Waals surface area contributed by atoms with Crippen molar-refractivity contribution in [3.8, 4) is 11.5 Å². The van der Waals surface area contributed by atoms with Gasteiger partial charge in [-0.2, -0.15) is 0 Å². The molecule has 1 heterocycles. The number of benzene rings is 1. The Morgan fingerprint density at radius 1 is 1.38 bits per heavy atom. The molecule has 1 unspecified atom stereocenters. The van der Waals surface area contributed by atoms with Crippen LogP contribution in [0.3, 0.4) is 0 Å². The lowest BCUT2D eigenvalue weighted by molar-refractivity contribution is 0.0921. The van der Waals surface area contributed by atoms with Crippen LogP contribution >= 0.6 is 0 Å². The molecule has 5 nitrogen and oxygen atoms in total. The molecule has 1 amide bonds. The first-order valence-corrected chi connectivity index (χ1v) is 7.29. The Morgan fingerprint density at radius 3 is 2.81 bits per heavy atom. The molecule has 0 spiro atoms. The van der Waals surface area contributed by atoms with Crippen molar-refractivity contribution in [2.24, 2.45) is 5.41 Å². The normalized spacial score (nSPS) is 21.7. The molecule has 0 saturated carbocycles. The Labute approximate surface area is 126 Å². The average molecular weight is 292 g/mol. The third-order valence-electron chi connectivity index (χ3n) is 4.01. The summed E-state index contributed by atoms with van der Waals surface area (Å²) in [6, 6.07) is 5.23. The molecule has 1 atom stereocenters. The first kappa shape index (κ1) is 15.6. The van der Waals surface area contributed by atoms with Gasteiger partial charge in [-0.15, -0.1) is 0 Å². The van der Waals surface area contributed by atoms with E-state index in [9.17, 15) is 4.79 Å². The molecule has 2 N–H and O–H groups in total. The van der Waals surface area contributed by atoms with E-state index in [1.165, 1.54) is 0 Å². The summed E-state index contributed by atoms with van der Waals surface area (Å²) in [5.41, 5.74) is 0.615. The van der Waals surface area contributed by atoms with E-state index in [4.69, 9.17) is 9.47 Å². The van der Waals surface area contributed by atoms with E-state index in [1.807, 2.05) is 0 Å². The van der Waals surface area contributed by atoms with Crippen LogP contribution in [0.1, 0.15) is 30.1 Å². The largest absolute Gasteiger partial charge is 0.497 e. The minimum absolute atomic E-state index is 0.111. The smallest absolute Gasteiger partial charge is 0.255 e. The van der Waals surface area contributed by atoms with Gasteiger partial charge in [0.1, 0.15) is 11.5 Å². The Morgan fingerprint density at radius 2 is 2.19 bits per heavy atom. The van der Waals surface area contributed by atoms with Crippen molar-refractivity contribution in [2.75, 3.05) is 33.9 Å². The summed E-state index contributed by atoms with van der Waals surface area (Å²) in [5.74, 6) is 1.07. The van der Waals surface area contributed by atoms with Gasteiger partial charge in [-0.05, 0) is 43.0 Å². The lowest BCUT2D eigenvalue weighted by atomic mass is 9.83. The second-order valence-electron chi connectivity index (χ2n) is 5.84. The van der Waals surface area contributed by atoms with E-state index >= 15 is 0 Å². The van der Waals surface area contributed by atoms with E-state index in [0.717, 1.165) is 25.9 Å². The van der Waals surface area contributed by atoms with Crippen molar-refractivity contribution in [3.63, 3.8) is 0 Å². The van der Waals surface area contributed by atoms with E-state index in [1.54, 1.807) is 32.4 Å². The number of rotatable bonds is 5. The van der Waals surface area contributed by atoms with Crippen molar-refractivity contribution in [1.82, 2.24) is 10.6 Å². The topological polar surface area (TPSA) is 59.6 Å². The van der Waals surface area contributed by atoms with Crippen LogP contribution < -0.4 is 20.1 Å². The summed E-state index contributed by atoms with van der Waals surface area (Å²) in [4.78, 5) is 12.4. The van der Waals surface area contributed by atoms with Gasteiger partial charge in [-0.3, -0.25) is 4.79 Å². The Balaban J connectivity index is 2.05. The third kappa shape index (κ3) is 3.88. The van der Waals surface area contributed by atoms with Gasteiger partial charge in [0.05, 0.1) is 19.8 Å². The van der Waals surface area contributed by atoms with Crippen LogP contribution in [0.2, 0.25) is 0 Å². The van der Waals surface area contributed by atoms with Crippen LogP contribution in [0.5, 0.6) is 11.5 Å². The number of nitrogens with one attached hydrogen (secondary N) is 2. The van der Waals surface area contributed by atoms with Crippen LogP contribution in [0, 0.1) is 5.41 Å². The first-order chi connectivity index (χ1) is 10.1. The minimum atomic E-state index is -0.127. The van der Waals surface area contributed by atoms with Gasteiger partial charge in [0, 0.05) is 13.1 Å². The maximum absolute atomic E-state index is 12.4. The number of piperidine rings is 1. The minimum Gasteiger partial charge on any atom is -0.497 e. The summed E-state index contributed by atoms with van der Waals surface area (Å²) in [6.45, 7) is 4.84. The van der Waals surface area contributed by atoms with Gasteiger partial charge < -0.3 is 20.1 Å². The fraction of sp³-hybridized carbons (Fsp3) is 0.562. The monoisotopic (exact) mass is 292 g/mol. The molecule has 1 aromatic carbocycles. The molecular weight excluding hydrogens is 268 g/mol. The van der Waals surface area contributed by atoms with Crippen molar-refractivity contribution < 1.29 is 14.3 Å². The van der Waals surface area contributed by atoms with E-state index in [-0.39, 0.29) is 11.3 Å². The third-order valence-corrected chi connectivity index (χ3v) is 4.01. The van der Waals surface area contributed by atoms with E-state index < -0.39 is 0 Å². The molecule has 5 heteroatoms. The lowest BCUT2D eigenvalue weighted by Gasteiger charge is -2.34. The average Bonchev–Trinajstić information content (AvgIpc) is 2.52. The highest BCUT2D eigenvalue weighted by molar-refractivity contribution is 5.97. The van der Waals surface area contributed by atoms with Gasteiger partial charge in [-0.1, -0.05) is 6.92 Å². The zero-order valence-electron chi connectivity index (χ0n) is 13.0.